The largest absolute Gasteiger partial charge is 0.348 e. The van der Waals surface area contributed by atoms with Crippen molar-refractivity contribution in [1.82, 2.24) is 10.3 Å². The zero-order valence-corrected chi connectivity index (χ0v) is 12.7. The highest BCUT2D eigenvalue weighted by atomic mass is 32.1. The number of hydrogen-bond acceptors (Lipinski definition) is 4. The lowest BCUT2D eigenvalue weighted by molar-refractivity contribution is -0.120. The Kier molecular flexibility index (Phi) is 5.05. The van der Waals surface area contributed by atoms with Crippen molar-refractivity contribution in [2.45, 2.75) is 26.3 Å². The first-order valence-electron chi connectivity index (χ1n) is 6.57. The molecule has 2 aromatic rings. The van der Waals surface area contributed by atoms with E-state index in [1.807, 2.05) is 30.5 Å². The second-order valence-corrected chi connectivity index (χ2v) is 5.72. The third-order valence-corrected chi connectivity index (χ3v) is 3.82. The monoisotopic (exact) mass is 303 g/mol. The first-order chi connectivity index (χ1) is 10.0. The smallest absolute Gasteiger partial charge is 0.227 e. The molecular formula is C15H17N3O2S. The maximum absolute atomic E-state index is 12.1. The lowest BCUT2D eigenvalue weighted by Crippen LogP contribution is -2.29. The van der Waals surface area contributed by atoms with Gasteiger partial charge >= 0.3 is 0 Å². The molecule has 0 aliphatic carbocycles. The Labute approximate surface area is 127 Å². The molecule has 0 aliphatic heterocycles. The van der Waals surface area contributed by atoms with Gasteiger partial charge in [-0.3, -0.25) is 9.59 Å². The van der Waals surface area contributed by atoms with Gasteiger partial charge in [-0.2, -0.15) is 0 Å². The zero-order chi connectivity index (χ0) is 15.2. The predicted molar refractivity (Wildman–Crippen MR) is 83.1 cm³/mol. The van der Waals surface area contributed by atoms with E-state index in [0.29, 0.717) is 5.82 Å². The minimum absolute atomic E-state index is 0.158. The molecule has 2 aromatic heterocycles. The maximum Gasteiger partial charge on any atom is 0.227 e. The minimum Gasteiger partial charge on any atom is -0.348 e. The summed E-state index contributed by atoms with van der Waals surface area (Å²) in [7, 11) is 0. The summed E-state index contributed by atoms with van der Waals surface area (Å²) in [6.07, 6.45) is 1.82. The Bertz CT molecular complexity index is 626. The normalized spacial score (nSPS) is 11.7. The van der Waals surface area contributed by atoms with Gasteiger partial charge in [0.15, 0.2) is 0 Å². The standard InChI is InChI=1S/C15H17N3O2S/c1-10-5-6-16-14(8-10)18-15(20)9-12(17-11(2)19)13-4-3-7-21-13/h3-8,12H,9H2,1-2H3,(H,17,19)(H,16,18,20)/t12-/m0/s1. The van der Waals surface area contributed by atoms with E-state index in [1.54, 1.807) is 12.3 Å². The molecule has 2 rings (SSSR count). The molecule has 0 bridgehead atoms. The van der Waals surface area contributed by atoms with Crippen LogP contribution in [-0.2, 0) is 9.59 Å². The highest BCUT2D eigenvalue weighted by Gasteiger charge is 2.18. The van der Waals surface area contributed by atoms with E-state index < -0.39 is 0 Å². The second-order valence-electron chi connectivity index (χ2n) is 4.74. The first kappa shape index (κ1) is 15.2. The van der Waals surface area contributed by atoms with E-state index in [2.05, 4.69) is 15.6 Å². The van der Waals surface area contributed by atoms with Gasteiger partial charge < -0.3 is 10.6 Å². The number of nitrogens with one attached hydrogen (secondary N) is 2. The van der Waals surface area contributed by atoms with Crippen molar-refractivity contribution in [3.05, 3.63) is 46.3 Å². The number of carbonyl (C=O) groups excluding carboxylic acids is 2. The average molecular weight is 303 g/mol. The Morgan fingerprint density at radius 1 is 1.38 bits per heavy atom. The number of hydrogen-bond donors (Lipinski definition) is 2. The molecule has 0 unspecified atom stereocenters. The van der Waals surface area contributed by atoms with Crippen LogP contribution in [0, 0.1) is 6.92 Å². The lowest BCUT2D eigenvalue weighted by atomic mass is 10.1. The van der Waals surface area contributed by atoms with Crippen LogP contribution < -0.4 is 10.6 Å². The van der Waals surface area contributed by atoms with Crippen molar-refractivity contribution in [2.24, 2.45) is 0 Å². The van der Waals surface area contributed by atoms with Gasteiger partial charge in [-0.1, -0.05) is 6.07 Å². The van der Waals surface area contributed by atoms with Crippen molar-refractivity contribution in [2.75, 3.05) is 5.32 Å². The summed E-state index contributed by atoms with van der Waals surface area (Å²) in [5.41, 5.74) is 1.02. The average Bonchev–Trinajstić information content (AvgIpc) is 2.91. The van der Waals surface area contributed by atoms with Crippen molar-refractivity contribution < 1.29 is 9.59 Å². The Morgan fingerprint density at radius 2 is 2.19 bits per heavy atom. The second kappa shape index (κ2) is 6.99. The quantitative estimate of drug-likeness (QED) is 0.892. The fourth-order valence-corrected chi connectivity index (χ4v) is 2.72. The summed E-state index contributed by atoms with van der Waals surface area (Å²) < 4.78 is 0. The summed E-state index contributed by atoms with van der Waals surface area (Å²) in [4.78, 5) is 28.4. The number of carbonyl (C=O) groups is 2. The maximum atomic E-state index is 12.1. The summed E-state index contributed by atoms with van der Waals surface area (Å²) in [6, 6.07) is 7.16. The van der Waals surface area contributed by atoms with Crippen LogP contribution in [-0.4, -0.2) is 16.8 Å². The van der Waals surface area contributed by atoms with E-state index in [1.165, 1.54) is 18.3 Å². The Balaban J connectivity index is 2.02. The minimum atomic E-state index is -0.313. The van der Waals surface area contributed by atoms with E-state index in [-0.39, 0.29) is 24.3 Å². The molecule has 1 atom stereocenters. The van der Waals surface area contributed by atoms with Crippen LogP contribution in [0.4, 0.5) is 5.82 Å². The number of thiophene rings is 1. The number of amides is 2. The third kappa shape index (κ3) is 4.68. The van der Waals surface area contributed by atoms with E-state index in [9.17, 15) is 9.59 Å². The topological polar surface area (TPSA) is 71.1 Å². The van der Waals surface area contributed by atoms with Crippen LogP contribution in [0.1, 0.15) is 29.8 Å². The molecule has 0 fully saturated rings. The van der Waals surface area contributed by atoms with Gasteiger partial charge in [0, 0.05) is 18.0 Å². The molecule has 0 spiro atoms. The molecule has 2 amide bonds. The van der Waals surface area contributed by atoms with Crippen molar-refractivity contribution >= 4 is 29.0 Å². The summed E-state index contributed by atoms with van der Waals surface area (Å²) in [5.74, 6) is 0.183. The van der Waals surface area contributed by atoms with Crippen LogP contribution in [0.15, 0.2) is 35.8 Å². The molecule has 2 heterocycles. The lowest BCUT2D eigenvalue weighted by Gasteiger charge is -2.16. The molecule has 6 heteroatoms. The Morgan fingerprint density at radius 3 is 2.81 bits per heavy atom. The molecule has 0 saturated carbocycles. The highest BCUT2D eigenvalue weighted by molar-refractivity contribution is 7.10. The zero-order valence-electron chi connectivity index (χ0n) is 11.9. The fraction of sp³-hybridized carbons (Fsp3) is 0.267. The summed E-state index contributed by atoms with van der Waals surface area (Å²) in [5, 5.41) is 7.47. The van der Waals surface area contributed by atoms with Crippen LogP contribution >= 0.6 is 11.3 Å². The fourth-order valence-electron chi connectivity index (χ4n) is 1.94. The third-order valence-electron chi connectivity index (χ3n) is 2.84. The van der Waals surface area contributed by atoms with Crippen molar-refractivity contribution in [1.29, 1.82) is 0 Å². The molecule has 2 N–H and O–H groups in total. The van der Waals surface area contributed by atoms with Gasteiger partial charge in [0.1, 0.15) is 5.82 Å². The van der Waals surface area contributed by atoms with Gasteiger partial charge in [0.05, 0.1) is 12.5 Å². The number of nitrogens with zero attached hydrogens (tertiary/aromatic N) is 1. The molecule has 0 aliphatic rings. The van der Waals surface area contributed by atoms with Crippen LogP contribution in [0.3, 0.4) is 0 Å². The number of aryl methyl sites for hydroxylation is 1. The molecule has 21 heavy (non-hydrogen) atoms. The number of pyridine rings is 1. The van der Waals surface area contributed by atoms with Crippen LogP contribution in [0.5, 0.6) is 0 Å². The molecular weight excluding hydrogens is 286 g/mol. The number of rotatable bonds is 5. The molecule has 5 nitrogen and oxygen atoms in total. The molecule has 110 valence electrons. The molecule has 0 aromatic carbocycles. The van der Waals surface area contributed by atoms with Crippen molar-refractivity contribution in [3.63, 3.8) is 0 Å². The highest BCUT2D eigenvalue weighted by Crippen LogP contribution is 2.22. The predicted octanol–water partition coefficient (Wildman–Crippen LogP) is 2.66. The summed E-state index contributed by atoms with van der Waals surface area (Å²) >= 11 is 1.51. The molecule has 0 radical (unpaired) electrons. The number of aromatic nitrogens is 1. The molecule has 0 saturated heterocycles. The van der Waals surface area contributed by atoms with E-state index >= 15 is 0 Å². The van der Waals surface area contributed by atoms with Gasteiger partial charge in [-0.25, -0.2) is 4.98 Å². The number of anilines is 1. The van der Waals surface area contributed by atoms with Gasteiger partial charge in [0.2, 0.25) is 11.8 Å². The van der Waals surface area contributed by atoms with Crippen molar-refractivity contribution in [3.8, 4) is 0 Å². The SMILES string of the molecule is CC(=O)N[C@@H](CC(=O)Nc1cc(C)ccn1)c1cccs1. The Hall–Kier alpha value is -2.21. The van der Waals surface area contributed by atoms with Gasteiger partial charge in [-0.15, -0.1) is 11.3 Å². The summed E-state index contributed by atoms with van der Waals surface area (Å²) in [6.45, 7) is 3.38. The van der Waals surface area contributed by atoms with Crippen LogP contribution in [0.25, 0.3) is 0 Å². The van der Waals surface area contributed by atoms with E-state index in [0.717, 1.165) is 10.4 Å². The van der Waals surface area contributed by atoms with Gasteiger partial charge in [-0.05, 0) is 36.1 Å². The first-order valence-corrected chi connectivity index (χ1v) is 7.45. The van der Waals surface area contributed by atoms with E-state index in [4.69, 9.17) is 0 Å². The van der Waals surface area contributed by atoms with Crippen LogP contribution in [0.2, 0.25) is 0 Å². The van der Waals surface area contributed by atoms with Gasteiger partial charge in [0.25, 0.3) is 0 Å².